The maximum atomic E-state index is 3.31. The molecule has 15 heavy (non-hydrogen) atoms. The molecule has 0 aromatic heterocycles. The third-order valence-electron chi connectivity index (χ3n) is 2.02. The molecule has 1 aromatic rings. The fourth-order valence-electron chi connectivity index (χ4n) is 1.42. The predicted octanol–water partition coefficient (Wildman–Crippen LogP) is -2.85. The SMILES string of the molecule is Cc1cccc(C2=[C-]CC=C2)c1.[F-].[F-].[Zr+3]. The summed E-state index contributed by atoms with van der Waals surface area (Å²) in [5.41, 5.74) is 3.82. The third kappa shape index (κ3) is 4.21. The van der Waals surface area contributed by atoms with Crippen LogP contribution in [-0.2, 0) is 26.2 Å². The Morgan fingerprint density at radius 2 is 1.93 bits per heavy atom. The van der Waals surface area contributed by atoms with Crippen molar-refractivity contribution in [2.24, 2.45) is 0 Å². The zero-order valence-electron chi connectivity index (χ0n) is 8.43. The van der Waals surface area contributed by atoms with Gasteiger partial charge in [-0.25, -0.2) is 0 Å². The Hall–Kier alpha value is -0.557. The minimum atomic E-state index is 0. The third-order valence-corrected chi connectivity index (χ3v) is 2.02. The summed E-state index contributed by atoms with van der Waals surface area (Å²) in [5, 5.41) is 0. The van der Waals surface area contributed by atoms with Crippen LogP contribution >= 0.6 is 0 Å². The summed E-state index contributed by atoms with van der Waals surface area (Å²) in [6, 6.07) is 8.53. The molecule has 0 spiro atoms. The van der Waals surface area contributed by atoms with Gasteiger partial charge in [0.05, 0.1) is 0 Å². The van der Waals surface area contributed by atoms with E-state index in [-0.39, 0.29) is 35.6 Å². The van der Waals surface area contributed by atoms with Crippen molar-refractivity contribution in [3.63, 3.8) is 0 Å². The van der Waals surface area contributed by atoms with E-state index in [0.717, 1.165) is 6.42 Å². The van der Waals surface area contributed by atoms with Crippen LogP contribution in [0, 0.1) is 13.0 Å². The number of benzene rings is 1. The maximum Gasteiger partial charge on any atom is 3.00 e. The molecule has 1 aromatic carbocycles. The van der Waals surface area contributed by atoms with E-state index in [1.165, 1.54) is 16.7 Å². The van der Waals surface area contributed by atoms with Crippen molar-refractivity contribution in [3.8, 4) is 0 Å². The summed E-state index contributed by atoms with van der Waals surface area (Å²) in [4.78, 5) is 0. The van der Waals surface area contributed by atoms with E-state index in [1.54, 1.807) is 0 Å². The molecule has 0 fully saturated rings. The average molecular weight is 284 g/mol. The van der Waals surface area contributed by atoms with Gasteiger partial charge in [0.1, 0.15) is 0 Å². The number of hydrogen-bond donors (Lipinski definition) is 0. The van der Waals surface area contributed by atoms with Crippen molar-refractivity contribution in [1.82, 2.24) is 0 Å². The minimum Gasteiger partial charge on any atom is -1.00 e. The van der Waals surface area contributed by atoms with Crippen LogP contribution in [0.3, 0.4) is 0 Å². The van der Waals surface area contributed by atoms with E-state index in [9.17, 15) is 0 Å². The summed E-state index contributed by atoms with van der Waals surface area (Å²) in [7, 11) is 0. The Morgan fingerprint density at radius 3 is 2.47 bits per heavy atom. The second-order valence-corrected chi connectivity index (χ2v) is 3.07. The molecule has 0 saturated heterocycles. The van der Waals surface area contributed by atoms with Crippen LogP contribution in [0.5, 0.6) is 0 Å². The summed E-state index contributed by atoms with van der Waals surface area (Å²) in [6.07, 6.45) is 8.54. The normalized spacial score (nSPS) is 11.9. The molecule has 2 rings (SSSR count). The molecule has 77 valence electrons. The van der Waals surface area contributed by atoms with E-state index < -0.39 is 0 Å². The molecule has 1 radical (unpaired) electrons. The first kappa shape index (κ1) is 16.9. The molecule has 0 N–H and O–H groups in total. The van der Waals surface area contributed by atoms with Gasteiger partial charge < -0.3 is 9.41 Å². The van der Waals surface area contributed by atoms with Crippen LogP contribution < -0.4 is 9.41 Å². The zero-order valence-corrected chi connectivity index (χ0v) is 10.9. The summed E-state index contributed by atoms with van der Waals surface area (Å²) < 4.78 is 0. The van der Waals surface area contributed by atoms with E-state index in [4.69, 9.17) is 0 Å². The number of hydrogen-bond acceptors (Lipinski definition) is 0. The molecule has 1 aliphatic rings. The van der Waals surface area contributed by atoms with Crippen LogP contribution in [0.4, 0.5) is 0 Å². The average Bonchev–Trinajstić information content (AvgIpc) is 2.56. The Kier molecular flexibility index (Phi) is 8.65. The number of rotatable bonds is 1. The standard InChI is InChI=1S/C12H11.2FH.Zr/c1-10-5-4-8-12(9-10)11-6-2-3-7-11;;;/h2,4-6,8-9H,3H2,1H3;2*1H;/q-1;;;+3/p-2. The molecule has 0 amide bonds. The summed E-state index contributed by atoms with van der Waals surface area (Å²) in [5.74, 6) is 0. The summed E-state index contributed by atoms with van der Waals surface area (Å²) in [6.45, 7) is 2.11. The van der Waals surface area contributed by atoms with Crippen LogP contribution in [0.15, 0.2) is 36.4 Å². The molecule has 1 aliphatic carbocycles. The fraction of sp³-hybridized carbons (Fsp3) is 0.167. The minimum absolute atomic E-state index is 0. The Balaban J connectivity index is 0. The van der Waals surface area contributed by atoms with Crippen molar-refractivity contribution in [2.75, 3.05) is 0 Å². The number of aryl methyl sites for hydroxylation is 1. The van der Waals surface area contributed by atoms with E-state index >= 15 is 0 Å². The largest absolute Gasteiger partial charge is 3.00 e. The van der Waals surface area contributed by atoms with Gasteiger partial charge >= 0.3 is 26.2 Å². The molecule has 0 bridgehead atoms. The van der Waals surface area contributed by atoms with E-state index in [2.05, 4.69) is 49.4 Å². The monoisotopic (exact) mass is 283 g/mol. The maximum absolute atomic E-state index is 3.31. The first-order valence-electron chi connectivity index (χ1n) is 4.21. The Labute approximate surface area is 108 Å². The van der Waals surface area contributed by atoms with Crippen LogP contribution in [0.2, 0.25) is 0 Å². The van der Waals surface area contributed by atoms with Crippen molar-refractivity contribution in [3.05, 3.63) is 53.6 Å². The van der Waals surface area contributed by atoms with Gasteiger partial charge in [-0.2, -0.15) is 17.7 Å². The van der Waals surface area contributed by atoms with Crippen molar-refractivity contribution >= 4 is 5.57 Å². The van der Waals surface area contributed by atoms with Gasteiger partial charge in [0, 0.05) is 0 Å². The predicted molar refractivity (Wildman–Crippen MR) is 51.6 cm³/mol. The van der Waals surface area contributed by atoms with Crippen molar-refractivity contribution in [1.29, 1.82) is 0 Å². The molecular formula is C12H11F2Zr. The zero-order chi connectivity index (χ0) is 8.39. The molecule has 0 saturated carbocycles. The van der Waals surface area contributed by atoms with Gasteiger partial charge in [0.25, 0.3) is 0 Å². The Morgan fingerprint density at radius 1 is 1.20 bits per heavy atom. The number of halogens is 2. The van der Waals surface area contributed by atoms with Crippen molar-refractivity contribution < 1.29 is 35.6 Å². The molecule has 0 unspecified atom stereocenters. The van der Waals surface area contributed by atoms with Crippen LogP contribution in [0.1, 0.15) is 17.5 Å². The fourth-order valence-corrected chi connectivity index (χ4v) is 1.42. The van der Waals surface area contributed by atoms with Gasteiger partial charge in [-0.3, -0.25) is 0 Å². The van der Waals surface area contributed by atoms with Crippen molar-refractivity contribution in [2.45, 2.75) is 13.3 Å². The first-order valence-corrected chi connectivity index (χ1v) is 4.21. The second kappa shape index (κ2) is 7.70. The Bertz CT molecular complexity index is 356. The van der Waals surface area contributed by atoms with E-state index in [0.29, 0.717) is 0 Å². The van der Waals surface area contributed by atoms with E-state index in [1.807, 2.05) is 0 Å². The van der Waals surface area contributed by atoms with Gasteiger partial charge in [0.15, 0.2) is 0 Å². The van der Waals surface area contributed by atoms with Crippen LogP contribution in [0.25, 0.3) is 5.57 Å². The quantitative estimate of drug-likeness (QED) is 0.487. The molecule has 0 aliphatic heterocycles. The molecule has 3 heteroatoms. The molecule has 0 atom stereocenters. The van der Waals surface area contributed by atoms with Crippen LogP contribution in [-0.4, -0.2) is 0 Å². The number of allylic oxidation sites excluding steroid dienone is 4. The second-order valence-electron chi connectivity index (χ2n) is 3.07. The smallest absolute Gasteiger partial charge is 1.00 e. The molecule has 0 heterocycles. The summed E-state index contributed by atoms with van der Waals surface area (Å²) >= 11 is 0. The van der Waals surface area contributed by atoms with Gasteiger partial charge in [-0.1, -0.05) is 24.1 Å². The van der Waals surface area contributed by atoms with Gasteiger partial charge in [-0.05, 0) is 6.92 Å². The van der Waals surface area contributed by atoms with Gasteiger partial charge in [-0.15, -0.1) is 23.8 Å². The first-order chi connectivity index (χ1) is 5.86. The topological polar surface area (TPSA) is 0 Å². The molecule has 0 nitrogen and oxygen atoms in total. The van der Waals surface area contributed by atoms with Gasteiger partial charge in [0.2, 0.25) is 0 Å². The molecular weight excluding hydrogens is 273 g/mol.